The highest BCUT2D eigenvalue weighted by Crippen LogP contribution is 2.50. The van der Waals surface area contributed by atoms with Crippen LogP contribution in [0.2, 0.25) is 0 Å². The van der Waals surface area contributed by atoms with E-state index in [2.05, 4.69) is 22.8 Å². The molecule has 0 aromatic heterocycles. The van der Waals surface area contributed by atoms with Gasteiger partial charge >= 0.3 is 12.1 Å². The van der Waals surface area contributed by atoms with Gasteiger partial charge in [0.15, 0.2) is 11.5 Å². The van der Waals surface area contributed by atoms with Gasteiger partial charge in [-0.3, -0.25) is 4.90 Å². The highest BCUT2D eigenvalue weighted by Gasteiger charge is 2.42. The molecule has 0 radical (unpaired) electrons. The Kier molecular flexibility index (Phi) is 4.14. The molecule has 0 amide bonds. The average Bonchev–Trinajstić information content (AvgIpc) is 2.63. The number of methoxy groups -OCH3 is 1. The van der Waals surface area contributed by atoms with Crippen molar-refractivity contribution in [2.24, 2.45) is 0 Å². The van der Waals surface area contributed by atoms with Crippen LogP contribution in [0.5, 0.6) is 11.5 Å². The molecule has 142 valence electrons. The van der Waals surface area contributed by atoms with Crippen molar-refractivity contribution in [1.29, 1.82) is 0 Å². The Morgan fingerprint density at radius 2 is 1.96 bits per heavy atom. The molecule has 1 heterocycles. The zero-order valence-electron chi connectivity index (χ0n) is 14.9. The molecule has 2 aliphatic rings. The van der Waals surface area contributed by atoms with Gasteiger partial charge in [-0.1, -0.05) is 24.3 Å². The van der Waals surface area contributed by atoms with E-state index in [1.54, 1.807) is 6.07 Å². The summed E-state index contributed by atoms with van der Waals surface area (Å²) in [5.74, 6) is -2.33. The number of alkyl halides is 3. The molecule has 1 unspecified atom stereocenters. The molecular weight excluding hydrogens is 359 g/mol. The van der Waals surface area contributed by atoms with E-state index in [0.29, 0.717) is 5.56 Å². The third kappa shape index (κ3) is 2.86. The molecule has 0 saturated carbocycles. The molecule has 0 bridgehead atoms. The minimum absolute atomic E-state index is 0.158. The minimum Gasteiger partial charge on any atom is -0.492 e. The van der Waals surface area contributed by atoms with Crippen molar-refractivity contribution >= 4 is 5.97 Å². The SMILES string of the molecule is COc1c(OC(=O)C(F)(F)F)ccc2c1-c1cccc3c1C(C2)N(C)CC3. The lowest BCUT2D eigenvalue weighted by Crippen LogP contribution is -2.35. The summed E-state index contributed by atoms with van der Waals surface area (Å²) < 4.78 is 47.9. The summed E-state index contributed by atoms with van der Waals surface area (Å²) in [6.45, 7) is 0.953. The van der Waals surface area contributed by atoms with Gasteiger partial charge in [0.25, 0.3) is 0 Å². The Balaban J connectivity index is 1.87. The number of fused-ring (bicyclic) bond motifs is 2. The lowest BCUT2D eigenvalue weighted by molar-refractivity contribution is -0.189. The van der Waals surface area contributed by atoms with Gasteiger partial charge in [-0.15, -0.1) is 0 Å². The fourth-order valence-corrected chi connectivity index (χ4v) is 4.09. The van der Waals surface area contributed by atoms with Gasteiger partial charge in [0.1, 0.15) is 0 Å². The molecule has 0 N–H and O–H groups in total. The number of nitrogens with zero attached hydrogens (tertiary/aromatic N) is 1. The Morgan fingerprint density at radius 3 is 2.67 bits per heavy atom. The fourth-order valence-electron chi connectivity index (χ4n) is 4.09. The summed E-state index contributed by atoms with van der Waals surface area (Å²) in [4.78, 5) is 13.6. The number of esters is 1. The van der Waals surface area contributed by atoms with Crippen molar-refractivity contribution in [2.75, 3.05) is 20.7 Å². The van der Waals surface area contributed by atoms with Gasteiger partial charge in [-0.25, -0.2) is 4.79 Å². The number of likely N-dealkylation sites (N-methyl/N-ethyl adjacent to an activating group) is 1. The lowest BCUT2D eigenvalue weighted by atomic mass is 9.77. The van der Waals surface area contributed by atoms with Crippen molar-refractivity contribution in [3.8, 4) is 22.6 Å². The number of rotatable bonds is 2. The first-order valence-corrected chi connectivity index (χ1v) is 8.62. The van der Waals surface area contributed by atoms with Crippen LogP contribution in [-0.4, -0.2) is 37.7 Å². The van der Waals surface area contributed by atoms with E-state index in [0.717, 1.165) is 30.5 Å². The molecule has 0 spiro atoms. The summed E-state index contributed by atoms with van der Waals surface area (Å²) in [5, 5.41) is 0. The highest BCUT2D eigenvalue weighted by atomic mass is 19.4. The van der Waals surface area contributed by atoms with Crippen molar-refractivity contribution in [2.45, 2.75) is 25.1 Å². The normalized spacial score (nSPS) is 18.5. The minimum atomic E-state index is -5.07. The number of hydrogen-bond donors (Lipinski definition) is 0. The number of hydrogen-bond acceptors (Lipinski definition) is 4. The zero-order valence-corrected chi connectivity index (χ0v) is 14.9. The summed E-state index contributed by atoms with van der Waals surface area (Å²) in [5.41, 5.74) is 5.00. The van der Waals surface area contributed by atoms with Crippen LogP contribution in [-0.2, 0) is 17.6 Å². The number of halogens is 3. The van der Waals surface area contributed by atoms with E-state index < -0.39 is 12.1 Å². The molecule has 1 aliphatic heterocycles. The first-order chi connectivity index (χ1) is 12.8. The van der Waals surface area contributed by atoms with Crippen LogP contribution in [0.25, 0.3) is 11.1 Å². The van der Waals surface area contributed by atoms with Crippen molar-refractivity contribution in [3.63, 3.8) is 0 Å². The molecule has 7 heteroatoms. The number of benzene rings is 2. The predicted molar refractivity (Wildman–Crippen MR) is 92.9 cm³/mol. The largest absolute Gasteiger partial charge is 0.492 e. The standard InChI is InChI=1S/C20H18F3NO3/c1-24-9-8-11-4-3-5-13-16(11)14(24)10-12-6-7-15(18(26-2)17(12)13)27-19(25)20(21,22)23/h3-7,14H,8-10H2,1-2H3. The van der Waals surface area contributed by atoms with Crippen LogP contribution >= 0.6 is 0 Å². The summed E-state index contributed by atoms with van der Waals surface area (Å²) in [7, 11) is 3.44. The number of carbonyl (C=O) groups excluding carboxylic acids is 1. The van der Waals surface area contributed by atoms with Crippen LogP contribution in [0.4, 0.5) is 13.2 Å². The maximum absolute atomic E-state index is 12.6. The number of carbonyl (C=O) groups is 1. The van der Waals surface area contributed by atoms with Crippen LogP contribution in [0.15, 0.2) is 30.3 Å². The second kappa shape index (κ2) is 6.27. The van der Waals surface area contributed by atoms with E-state index >= 15 is 0 Å². The van der Waals surface area contributed by atoms with Crippen LogP contribution < -0.4 is 9.47 Å². The molecule has 2 aromatic rings. The van der Waals surface area contributed by atoms with Crippen LogP contribution in [0.1, 0.15) is 22.7 Å². The molecule has 2 aromatic carbocycles. The Labute approximate surface area is 154 Å². The third-order valence-electron chi connectivity index (χ3n) is 5.32. The van der Waals surface area contributed by atoms with Crippen molar-refractivity contribution in [3.05, 3.63) is 47.0 Å². The Morgan fingerprint density at radius 1 is 1.19 bits per heavy atom. The Hall–Kier alpha value is -2.54. The molecule has 1 aliphatic carbocycles. The highest BCUT2D eigenvalue weighted by molar-refractivity contribution is 5.85. The van der Waals surface area contributed by atoms with E-state index in [9.17, 15) is 18.0 Å². The zero-order chi connectivity index (χ0) is 19.3. The van der Waals surface area contributed by atoms with Gasteiger partial charge in [0, 0.05) is 18.2 Å². The maximum atomic E-state index is 12.6. The van der Waals surface area contributed by atoms with Crippen LogP contribution in [0, 0.1) is 0 Å². The topological polar surface area (TPSA) is 38.8 Å². The fraction of sp³-hybridized carbons (Fsp3) is 0.350. The molecule has 4 nitrogen and oxygen atoms in total. The van der Waals surface area contributed by atoms with E-state index in [1.165, 1.54) is 24.3 Å². The summed E-state index contributed by atoms with van der Waals surface area (Å²) in [6.07, 6.45) is -3.43. The van der Waals surface area contributed by atoms with E-state index in [1.807, 2.05) is 12.1 Å². The quantitative estimate of drug-likeness (QED) is 0.588. The van der Waals surface area contributed by atoms with Gasteiger partial charge in [-0.2, -0.15) is 13.2 Å². The van der Waals surface area contributed by atoms with Crippen molar-refractivity contribution in [1.82, 2.24) is 4.90 Å². The van der Waals surface area contributed by atoms with E-state index in [-0.39, 0.29) is 17.5 Å². The Bertz CT molecular complexity index is 923. The molecule has 27 heavy (non-hydrogen) atoms. The van der Waals surface area contributed by atoms with Gasteiger partial charge in [0.05, 0.1) is 7.11 Å². The van der Waals surface area contributed by atoms with Gasteiger partial charge < -0.3 is 9.47 Å². The van der Waals surface area contributed by atoms with Gasteiger partial charge in [0.2, 0.25) is 0 Å². The molecular formula is C20H18F3NO3. The van der Waals surface area contributed by atoms with Gasteiger partial charge in [-0.05, 0) is 48.2 Å². The molecule has 0 fully saturated rings. The van der Waals surface area contributed by atoms with Crippen molar-refractivity contribution < 1.29 is 27.4 Å². The molecule has 0 saturated heterocycles. The monoisotopic (exact) mass is 377 g/mol. The first-order valence-electron chi connectivity index (χ1n) is 8.62. The maximum Gasteiger partial charge on any atom is 0.491 e. The summed E-state index contributed by atoms with van der Waals surface area (Å²) in [6, 6.07) is 9.28. The second-order valence-electron chi connectivity index (χ2n) is 6.85. The second-order valence-corrected chi connectivity index (χ2v) is 6.85. The van der Waals surface area contributed by atoms with Crippen LogP contribution in [0.3, 0.4) is 0 Å². The lowest BCUT2D eigenvalue weighted by Gasteiger charge is -2.40. The average molecular weight is 377 g/mol. The third-order valence-corrected chi connectivity index (χ3v) is 5.32. The smallest absolute Gasteiger partial charge is 0.491 e. The molecule has 1 atom stereocenters. The predicted octanol–water partition coefficient (Wildman–Crippen LogP) is 3.92. The van der Waals surface area contributed by atoms with E-state index in [4.69, 9.17) is 4.74 Å². The first kappa shape index (κ1) is 17.9. The molecule has 4 rings (SSSR count). The number of ether oxygens (including phenoxy) is 2. The summed E-state index contributed by atoms with van der Waals surface area (Å²) >= 11 is 0.